The van der Waals surface area contributed by atoms with E-state index in [0.717, 1.165) is 25.9 Å². The molecule has 2 atom stereocenters. The van der Waals surface area contributed by atoms with Gasteiger partial charge >= 0.3 is 6.36 Å². The van der Waals surface area contributed by atoms with E-state index in [0.29, 0.717) is 29.1 Å². The second-order valence-corrected chi connectivity index (χ2v) is 7.03. The van der Waals surface area contributed by atoms with Crippen molar-refractivity contribution in [2.24, 2.45) is 5.92 Å². The molecule has 1 aromatic carbocycles. The summed E-state index contributed by atoms with van der Waals surface area (Å²) in [5.74, 6) is 0.754. The number of aromatic nitrogens is 2. The summed E-state index contributed by atoms with van der Waals surface area (Å²) in [7, 11) is 0. The molecule has 0 amide bonds. The van der Waals surface area contributed by atoms with Crippen LogP contribution in [0.5, 0.6) is 11.6 Å². The first-order valence-electron chi connectivity index (χ1n) is 9.00. The summed E-state index contributed by atoms with van der Waals surface area (Å²) >= 11 is 0. The Labute approximate surface area is 155 Å². The minimum absolute atomic E-state index is 0.117. The molecule has 1 aromatic heterocycles. The highest BCUT2D eigenvalue weighted by atomic mass is 19.4. The molecule has 5 rings (SSSR count). The maximum atomic E-state index is 12.2. The van der Waals surface area contributed by atoms with Crippen molar-refractivity contribution in [1.29, 1.82) is 0 Å². The molecule has 3 aliphatic rings. The van der Waals surface area contributed by atoms with Crippen molar-refractivity contribution in [2.45, 2.75) is 38.3 Å². The van der Waals surface area contributed by atoms with Gasteiger partial charge in [-0.05, 0) is 69.1 Å². The van der Waals surface area contributed by atoms with Gasteiger partial charge in [0.2, 0.25) is 5.88 Å². The fourth-order valence-electron chi connectivity index (χ4n) is 3.96. The third-order valence-corrected chi connectivity index (χ3v) is 5.37. The van der Waals surface area contributed by atoms with Gasteiger partial charge in [-0.15, -0.1) is 23.4 Å². The molecule has 3 fully saturated rings. The van der Waals surface area contributed by atoms with Crippen LogP contribution < -0.4 is 9.47 Å². The molecule has 0 N–H and O–H groups in total. The van der Waals surface area contributed by atoms with Crippen molar-refractivity contribution in [2.75, 3.05) is 13.1 Å². The van der Waals surface area contributed by atoms with E-state index in [1.165, 1.54) is 24.3 Å². The number of ether oxygens (including phenoxy) is 2. The van der Waals surface area contributed by atoms with Gasteiger partial charge in [-0.25, -0.2) is 0 Å². The number of alkyl halides is 3. The zero-order valence-corrected chi connectivity index (χ0v) is 14.8. The van der Waals surface area contributed by atoms with Crippen LogP contribution in [0, 0.1) is 5.92 Å². The molecule has 0 spiro atoms. The van der Waals surface area contributed by atoms with E-state index in [9.17, 15) is 13.2 Å². The van der Waals surface area contributed by atoms with Crippen molar-refractivity contribution < 1.29 is 22.6 Å². The SMILES string of the molecule is CC1C(Oc2ccc(-c3ccc(OC(F)(F)F)cc3)nn2)C2CCN1CC2. The smallest absolute Gasteiger partial charge is 0.471 e. The van der Waals surface area contributed by atoms with E-state index in [4.69, 9.17) is 4.74 Å². The number of rotatable bonds is 4. The topological polar surface area (TPSA) is 47.5 Å². The Kier molecular flexibility index (Phi) is 4.67. The minimum atomic E-state index is -4.70. The number of piperidine rings is 3. The van der Waals surface area contributed by atoms with Crippen LogP contribution in [-0.4, -0.2) is 46.7 Å². The number of nitrogens with zero attached hydrogens (tertiary/aromatic N) is 3. The van der Waals surface area contributed by atoms with E-state index in [1.807, 2.05) is 0 Å². The second-order valence-electron chi connectivity index (χ2n) is 7.03. The fourth-order valence-corrected chi connectivity index (χ4v) is 3.96. The van der Waals surface area contributed by atoms with E-state index in [1.54, 1.807) is 12.1 Å². The van der Waals surface area contributed by atoms with Crippen molar-refractivity contribution in [3.05, 3.63) is 36.4 Å². The summed E-state index contributed by atoms with van der Waals surface area (Å²) in [6.45, 7) is 4.44. The molecule has 2 unspecified atom stereocenters. The Hall–Kier alpha value is -2.35. The lowest BCUT2D eigenvalue weighted by atomic mass is 9.81. The van der Waals surface area contributed by atoms with Gasteiger partial charge in [-0.3, -0.25) is 4.90 Å². The van der Waals surface area contributed by atoms with Crippen molar-refractivity contribution in [3.63, 3.8) is 0 Å². The van der Waals surface area contributed by atoms with Gasteiger partial charge in [0.25, 0.3) is 0 Å². The van der Waals surface area contributed by atoms with Crippen LogP contribution in [0.1, 0.15) is 19.8 Å². The number of hydrogen-bond donors (Lipinski definition) is 0. The molecule has 8 heteroatoms. The first-order chi connectivity index (χ1) is 12.9. The van der Waals surface area contributed by atoms with E-state index < -0.39 is 6.36 Å². The lowest BCUT2D eigenvalue weighted by Gasteiger charge is -2.48. The number of fused-ring (bicyclic) bond motifs is 3. The first kappa shape index (κ1) is 18.0. The quantitative estimate of drug-likeness (QED) is 0.806. The van der Waals surface area contributed by atoms with Crippen LogP contribution in [0.3, 0.4) is 0 Å². The molecule has 4 heterocycles. The zero-order chi connectivity index (χ0) is 19.0. The molecule has 27 heavy (non-hydrogen) atoms. The molecule has 5 nitrogen and oxygen atoms in total. The van der Waals surface area contributed by atoms with Crippen molar-refractivity contribution in [3.8, 4) is 22.9 Å². The summed E-state index contributed by atoms with van der Waals surface area (Å²) in [5.41, 5.74) is 1.21. The van der Waals surface area contributed by atoms with E-state index >= 15 is 0 Å². The highest BCUT2D eigenvalue weighted by Crippen LogP contribution is 2.34. The molecule has 0 aliphatic carbocycles. The summed E-state index contributed by atoms with van der Waals surface area (Å²) in [6.07, 6.45) is -2.29. The van der Waals surface area contributed by atoms with Gasteiger partial charge in [0.05, 0.1) is 5.69 Å². The first-order valence-corrected chi connectivity index (χ1v) is 9.00. The summed E-state index contributed by atoms with van der Waals surface area (Å²) in [6, 6.07) is 9.41. The third kappa shape index (κ3) is 4.00. The summed E-state index contributed by atoms with van der Waals surface area (Å²) in [4.78, 5) is 2.44. The molecular weight excluding hydrogens is 359 g/mol. The molecule has 144 valence electrons. The number of hydrogen-bond acceptors (Lipinski definition) is 5. The lowest BCUT2D eigenvalue weighted by molar-refractivity contribution is -0.274. The highest BCUT2D eigenvalue weighted by molar-refractivity contribution is 5.59. The molecule has 3 aliphatic heterocycles. The minimum Gasteiger partial charge on any atom is -0.471 e. The number of halogens is 3. The molecule has 0 radical (unpaired) electrons. The lowest BCUT2D eigenvalue weighted by Crippen LogP contribution is -2.58. The van der Waals surface area contributed by atoms with Crippen LogP contribution in [-0.2, 0) is 0 Å². The van der Waals surface area contributed by atoms with E-state index in [-0.39, 0.29) is 11.9 Å². The Balaban J connectivity index is 1.43. The van der Waals surface area contributed by atoms with Crippen LogP contribution in [0.2, 0.25) is 0 Å². The van der Waals surface area contributed by atoms with E-state index in [2.05, 4.69) is 26.8 Å². The zero-order valence-electron chi connectivity index (χ0n) is 14.8. The largest absolute Gasteiger partial charge is 0.573 e. The normalized spacial score (nSPS) is 27.4. The van der Waals surface area contributed by atoms with Crippen LogP contribution in [0.25, 0.3) is 11.3 Å². The molecule has 2 bridgehead atoms. The predicted octanol–water partition coefficient (Wildman–Crippen LogP) is 3.90. The fraction of sp³-hybridized carbons (Fsp3) is 0.474. The monoisotopic (exact) mass is 379 g/mol. The average Bonchev–Trinajstić information content (AvgIpc) is 2.65. The maximum absolute atomic E-state index is 12.2. The Morgan fingerprint density at radius 3 is 2.26 bits per heavy atom. The Morgan fingerprint density at radius 1 is 1.00 bits per heavy atom. The standard InChI is InChI=1S/C19H20F3N3O2/c1-12-18(14-8-10-25(12)11-9-14)26-17-7-6-16(23-24-17)13-2-4-15(5-3-13)27-19(20,21)22/h2-7,12,14,18H,8-11H2,1H3. The van der Waals surface area contributed by atoms with Crippen molar-refractivity contribution in [1.82, 2.24) is 15.1 Å². The molecule has 3 saturated heterocycles. The van der Waals surface area contributed by atoms with Gasteiger partial charge in [0.1, 0.15) is 11.9 Å². The molecular formula is C19H20F3N3O2. The van der Waals surface area contributed by atoms with Crippen LogP contribution in [0.4, 0.5) is 13.2 Å². The highest BCUT2D eigenvalue weighted by Gasteiger charge is 2.41. The van der Waals surface area contributed by atoms with Gasteiger partial charge in [-0.2, -0.15) is 0 Å². The summed E-state index contributed by atoms with van der Waals surface area (Å²) in [5, 5.41) is 8.30. The summed E-state index contributed by atoms with van der Waals surface area (Å²) < 4.78 is 46.6. The third-order valence-electron chi connectivity index (χ3n) is 5.37. The van der Waals surface area contributed by atoms with Gasteiger partial charge in [0, 0.05) is 17.7 Å². The Morgan fingerprint density at radius 2 is 1.70 bits per heavy atom. The van der Waals surface area contributed by atoms with Crippen LogP contribution in [0.15, 0.2) is 36.4 Å². The Bertz CT molecular complexity index is 770. The number of benzene rings is 1. The van der Waals surface area contributed by atoms with Gasteiger partial charge in [-0.1, -0.05) is 0 Å². The van der Waals surface area contributed by atoms with Gasteiger partial charge in [0.15, 0.2) is 0 Å². The average molecular weight is 379 g/mol. The van der Waals surface area contributed by atoms with Gasteiger partial charge < -0.3 is 9.47 Å². The van der Waals surface area contributed by atoms with Crippen molar-refractivity contribution >= 4 is 0 Å². The molecule has 0 saturated carbocycles. The molecule has 2 aromatic rings. The van der Waals surface area contributed by atoms with Crippen LogP contribution >= 0.6 is 0 Å². The maximum Gasteiger partial charge on any atom is 0.573 e. The predicted molar refractivity (Wildman–Crippen MR) is 92.3 cm³/mol. The second kappa shape index (κ2) is 6.99.